The van der Waals surface area contributed by atoms with Crippen LogP contribution in [0.5, 0.6) is 0 Å². The second kappa shape index (κ2) is 6.65. The molecule has 0 spiro atoms. The molecule has 7 nitrogen and oxygen atoms in total. The summed E-state index contributed by atoms with van der Waals surface area (Å²) in [5.41, 5.74) is -1.04. The molecule has 2 rings (SSSR count). The number of aromatic amines is 1. The number of nitrogens with one attached hydrogen (secondary N) is 2. The molecule has 1 saturated carbocycles. The van der Waals surface area contributed by atoms with Crippen LogP contribution in [0.2, 0.25) is 0 Å². The van der Waals surface area contributed by atoms with Gasteiger partial charge in [-0.3, -0.25) is 9.36 Å². The van der Waals surface area contributed by atoms with Gasteiger partial charge in [0.2, 0.25) is 0 Å². The molecule has 1 fully saturated rings. The Kier molecular flexibility index (Phi) is 5.10. The lowest BCUT2D eigenvalue weighted by Gasteiger charge is -2.25. The van der Waals surface area contributed by atoms with Gasteiger partial charge in [0.05, 0.1) is 0 Å². The smallest absolute Gasteiger partial charge is 0.343 e. The lowest BCUT2D eigenvalue weighted by atomic mass is 9.98. The minimum atomic E-state index is -0.835. The minimum absolute atomic E-state index is 0.158. The first-order valence-corrected chi connectivity index (χ1v) is 8.20. The lowest BCUT2D eigenvalue weighted by molar-refractivity contribution is -0.144. The van der Waals surface area contributed by atoms with Gasteiger partial charge in [-0.05, 0) is 32.2 Å². The van der Waals surface area contributed by atoms with Crippen molar-refractivity contribution >= 4 is 17.7 Å². The molecule has 3 N–H and O–H groups in total. The van der Waals surface area contributed by atoms with Gasteiger partial charge in [-0.2, -0.15) is 0 Å². The maximum atomic E-state index is 11.7. The summed E-state index contributed by atoms with van der Waals surface area (Å²) in [5, 5.41) is 19.9. The molecule has 21 heavy (non-hydrogen) atoms. The normalized spacial score (nSPS) is 25.3. The number of aromatic nitrogens is 3. The lowest BCUT2D eigenvalue weighted by Crippen LogP contribution is -2.50. The molecular weight excluding hydrogens is 292 g/mol. The standard InChI is InChI=1S/C13H22N4O3S/c1-3-7-17-11(20)15-16-12(17)21-9-5-6-13(8-9,10(18)19)14-4-2/h9,14H,3-8H2,1-2H3,(H,15,20)(H,18,19). The van der Waals surface area contributed by atoms with Crippen LogP contribution in [-0.4, -0.2) is 43.2 Å². The maximum Gasteiger partial charge on any atom is 0.343 e. The Morgan fingerprint density at radius 3 is 3.00 bits per heavy atom. The van der Waals surface area contributed by atoms with Crippen LogP contribution in [0.1, 0.15) is 39.5 Å². The molecule has 0 radical (unpaired) electrons. The van der Waals surface area contributed by atoms with Crippen LogP contribution < -0.4 is 11.0 Å². The molecule has 0 aromatic carbocycles. The number of nitrogens with zero attached hydrogens (tertiary/aromatic N) is 2. The van der Waals surface area contributed by atoms with E-state index in [9.17, 15) is 14.7 Å². The quantitative estimate of drug-likeness (QED) is 0.696. The number of H-pyrrole nitrogens is 1. The first kappa shape index (κ1) is 16.1. The first-order valence-electron chi connectivity index (χ1n) is 7.32. The van der Waals surface area contributed by atoms with E-state index in [2.05, 4.69) is 15.5 Å². The molecule has 0 aliphatic heterocycles. The van der Waals surface area contributed by atoms with Crippen LogP contribution in [0.15, 0.2) is 9.95 Å². The van der Waals surface area contributed by atoms with Crippen molar-refractivity contribution in [3.05, 3.63) is 10.5 Å². The number of thioether (sulfide) groups is 1. The van der Waals surface area contributed by atoms with Gasteiger partial charge in [-0.15, -0.1) is 5.10 Å². The average Bonchev–Trinajstić information content (AvgIpc) is 2.99. The van der Waals surface area contributed by atoms with Crippen molar-refractivity contribution in [2.45, 2.75) is 62.0 Å². The van der Waals surface area contributed by atoms with E-state index in [-0.39, 0.29) is 10.9 Å². The summed E-state index contributed by atoms with van der Waals surface area (Å²) in [7, 11) is 0. The van der Waals surface area contributed by atoms with Crippen molar-refractivity contribution in [3.8, 4) is 0 Å². The van der Waals surface area contributed by atoms with Gasteiger partial charge in [-0.25, -0.2) is 9.89 Å². The molecule has 2 unspecified atom stereocenters. The van der Waals surface area contributed by atoms with Crippen LogP contribution in [0.25, 0.3) is 0 Å². The first-order chi connectivity index (χ1) is 10.0. The van der Waals surface area contributed by atoms with Crippen molar-refractivity contribution in [1.82, 2.24) is 20.1 Å². The monoisotopic (exact) mass is 314 g/mol. The summed E-state index contributed by atoms with van der Waals surface area (Å²) in [6.45, 7) is 5.18. The number of carboxylic acid groups (broad SMARTS) is 1. The second-order valence-corrected chi connectivity index (χ2v) is 6.63. The van der Waals surface area contributed by atoms with Gasteiger partial charge in [0.1, 0.15) is 5.54 Å². The summed E-state index contributed by atoms with van der Waals surface area (Å²) in [6.07, 6.45) is 2.82. The number of carbonyl (C=O) groups is 1. The topological polar surface area (TPSA) is 100 Å². The Bertz CT molecular complexity index is 556. The van der Waals surface area contributed by atoms with E-state index in [4.69, 9.17) is 0 Å². The van der Waals surface area contributed by atoms with Crippen LogP contribution in [0.4, 0.5) is 0 Å². The Hall–Kier alpha value is -1.28. The van der Waals surface area contributed by atoms with Gasteiger partial charge >= 0.3 is 11.7 Å². The molecule has 0 bridgehead atoms. The molecule has 1 aromatic heterocycles. The van der Waals surface area contributed by atoms with E-state index in [1.165, 1.54) is 11.8 Å². The second-order valence-electron chi connectivity index (χ2n) is 5.36. The minimum Gasteiger partial charge on any atom is -0.480 e. The molecule has 118 valence electrons. The van der Waals surface area contributed by atoms with Gasteiger partial charge in [0.15, 0.2) is 5.16 Å². The zero-order valence-corrected chi connectivity index (χ0v) is 13.2. The number of rotatable bonds is 7. The SMILES string of the molecule is CCCn1c(SC2CCC(NCC)(C(=O)O)C2)n[nH]c1=O. The van der Waals surface area contributed by atoms with Gasteiger partial charge in [0.25, 0.3) is 0 Å². The van der Waals surface area contributed by atoms with Gasteiger partial charge in [0, 0.05) is 11.8 Å². The molecule has 1 aliphatic rings. The molecular formula is C13H22N4O3S. The molecule has 1 aromatic rings. The molecule has 0 saturated heterocycles. The molecule has 8 heteroatoms. The Morgan fingerprint density at radius 2 is 2.38 bits per heavy atom. The third-order valence-corrected chi connectivity index (χ3v) is 5.09. The van der Waals surface area contributed by atoms with E-state index in [0.717, 1.165) is 12.8 Å². The highest BCUT2D eigenvalue weighted by atomic mass is 32.2. The van der Waals surface area contributed by atoms with Gasteiger partial charge in [-0.1, -0.05) is 25.6 Å². The van der Waals surface area contributed by atoms with Crippen molar-refractivity contribution in [3.63, 3.8) is 0 Å². The van der Waals surface area contributed by atoms with Crippen molar-refractivity contribution in [2.24, 2.45) is 0 Å². The fourth-order valence-electron chi connectivity index (χ4n) is 2.83. The number of aliphatic carboxylic acids is 1. The summed E-state index contributed by atoms with van der Waals surface area (Å²) >= 11 is 1.50. The Balaban J connectivity index is 2.09. The highest BCUT2D eigenvalue weighted by Gasteiger charge is 2.45. The van der Waals surface area contributed by atoms with Gasteiger partial charge < -0.3 is 10.4 Å². The fourth-order valence-corrected chi connectivity index (χ4v) is 4.13. The average molecular weight is 314 g/mol. The largest absolute Gasteiger partial charge is 0.480 e. The van der Waals surface area contributed by atoms with Crippen molar-refractivity contribution in [2.75, 3.05) is 6.54 Å². The molecule has 2 atom stereocenters. The van der Waals surface area contributed by atoms with Crippen molar-refractivity contribution < 1.29 is 9.90 Å². The highest BCUT2D eigenvalue weighted by molar-refractivity contribution is 7.99. The fraction of sp³-hybridized carbons (Fsp3) is 0.769. The third kappa shape index (κ3) is 3.32. The van der Waals surface area contributed by atoms with E-state index < -0.39 is 11.5 Å². The molecule has 1 heterocycles. The predicted octanol–water partition coefficient (Wildman–Crippen LogP) is 1.06. The molecule has 0 amide bonds. The maximum absolute atomic E-state index is 11.7. The summed E-state index contributed by atoms with van der Waals surface area (Å²) in [6, 6.07) is 0. The summed E-state index contributed by atoms with van der Waals surface area (Å²) in [5.74, 6) is -0.791. The van der Waals surface area contributed by atoms with E-state index >= 15 is 0 Å². The number of likely N-dealkylation sites (N-methyl/N-ethyl adjacent to an activating group) is 1. The van der Waals surface area contributed by atoms with Crippen LogP contribution in [-0.2, 0) is 11.3 Å². The Morgan fingerprint density at radius 1 is 1.62 bits per heavy atom. The van der Waals surface area contributed by atoms with E-state index in [1.54, 1.807) is 4.57 Å². The number of carboxylic acids is 1. The zero-order chi connectivity index (χ0) is 15.5. The van der Waals surface area contributed by atoms with Crippen molar-refractivity contribution in [1.29, 1.82) is 0 Å². The number of hydrogen-bond acceptors (Lipinski definition) is 5. The summed E-state index contributed by atoms with van der Waals surface area (Å²) < 4.78 is 1.62. The van der Waals surface area contributed by atoms with Crippen LogP contribution >= 0.6 is 11.8 Å². The Labute approximate surface area is 127 Å². The third-order valence-electron chi connectivity index (χ3n) is 3.84. The molecule has 1 aliphatic carbocycles. The van der Waals surface area contributed by atoms with E-state index in [0.29, 0.717) is 31.1 Å². The zero-order valence-electron chi connectivity index (χ0n) is 12.4. The number of hydrogen-bond donors (Lipinski definition) is 3. The van der Waals surface area contributed by atoms with E-state index in [1.807, 2.05) is 13.8 Å². The van der Waals surface area contributed by atoms with Crippen LogP contribution in [0, 0.1) is 0 Å². The van der Waals surface area contributed by atoms with Crippen LogP contribution in [0.3, 0.4) is 0 Å². The predicted molar refractivity (Wildman–Crippen MR) is 80.7 cm³/mol. The highest BCUT2D eigenvalue weighted by Crippen LogP contribution is 2.39. The summed E-state index contributed by atoms with van der Waals surface area (Å²) in [4.78, 5) is 23.2.